The van der Waals surface area contributed by atoms with Crippen molar-refractivity contribution in [2.45, 2.75) is 84.1 Å². The highest BCUT2D eigenvalue weighted by atomic mass is 16.2. The molecule has 20 heavy (non-hydrogen) atoms. The summed E-state index contributed by atoms with van der Waals surface area (Å²) < 4.78 is 0. The highest BCUT2D eigenvalue weighted by molar-refractivity contribution is 5.74. The quantitative estimate of drug-likeness (QED) is 0.777. The molecule has 3 nitrogen and oxygen atoms in total. The third kappa shape index (κ3) is 4.68. The van der Waals surface area contributed by atoms with Crippen molar-refractivity contribution >= 4 is 6.03 Å². The predicted octanol–water partition coefficient (Wildman–Crippen LogP) is 4.22. The first-order valence-corrected chi connectivity index (χ1v) is 8.64. The molecule has 0 radical (unpaired) electrons. The summed E-state index contributed by atoms with van der Waals surface area (Å²) in [6.45, 7) is 5.45. The molecule has 0 bridgehead atoms. The summed E-state index contributed by atoms with van der Waals surface area (Å²) >= 11 is 0. The van der Waals surface area contributed by atoms with Crippen LogP contribution in [0, 0.1) is 11.3 Å². The zero-order valence-corrected chi connectivity index (χ0v) is 13.3. The van der Waals surface area contributed by atoms with Crippen molar-refractivity contribution in [3.63, 3.8) is 0 Å². The molecular weight excluding hydrogens is 248 g/mol. The SMILES string of the molecule is CC(C)CC1(CNC(=O)NC2CCCCC2)CCCC1. The lowest BCUT2D eigenvalue weighted by Gasteiger charge is -2.32. The molecule has 116 valence electrons. The minimum Gasteiger partial charge on any atom is -0.338 e. The van der Waals surface area contributed by atoms with Crippen LogP contribution in [0.25, 0.3) is 0 Å². The summed E-state index contributed by atoms with van der Waals surface area (Å²) in [6.07, 6.45) is 12.7. The number of urea groups is 1. The van der Waals surface area contributed by atoms with Crippen molar-refractivity contribution in [2.75, 3.05) is 6.54 Å². The van der Waals surface area contributed by atoms with Crippen molar-refractivity contribution in [1.82, 2.24) is 10.6 Å². The van der Waals surface area contributed by atoms with E-state index in [0.717, 1.165) is 25.3 Å². The van der Waals surface area contributed by atoms with Crippen LogP contribution in [0.15, 0.2) is 0 Å². The van der Waals surface area contributed by atoms with Crippen LogP contribution < -0.4 is 10.6 Å². The average molecular weight is 280 g/mol. The minimum atomic E-state index is 0.0620. The number of amides is 2. The van der Waals surface area contributed by atoms with E-state index in [4.69, 9.17) is 0 Å². The molecule has 2 rings (SSSR count). The Bertz CT molecular complexity index is 302. The molecule has 0 heterocycles. The molecule has 2 aliphatic rings. The number of hydrogen-bond acceptors (Lipinski definition) is 1. The van der Waals surface area contributed by atoms with Crippen molar-refractivity contribution in [1.29, 1.82) is 0 Å². The standard InChI is InChI=1S/C17H32N2O/c1-14(2)12-17(10-6-7-11-17)13-18-16(20)19-15-8-4-3-5-9-15/h14-15H,3-13H2,1-2H3,(H2,18,19,20). The topological polar surface area (TPSA) is 41.1 Å². The predicted molar refractivity (Wildman–Crippen MR) is 83.8 cm³/mol. The first-order chi connectivity index (χ1) is 9.60. The minimum absolute atomic E-state index is 0.0620. The molecule has 0 saturated heterocycles. The molecule has 2 saturated carbocycles. The molecule has 0 spiro atoms. The number of rotatable bonds is 5. The molecule has 2 aliphatic carbocycles. The van der Waals surface area contributed by atoms with Crippen LogP contribution in [0.5, 0.6) is 0 Å². The van der Waals surface area contributed by atoms with Crippen LogP contribution in [0.3, 0.4) is 0 Å². The van der Waals surface area contributed by atoms with Crippen LogP contribution in [-0.4, -0.2) is 18.6 Å². The van der Waals surface area contributed by atoms with E-state index in [2.05, 4.69) is 24.5 Å². The Labute approximate surface area is 124 Å². The first kappa shape index (κ1) is 15.7. The van der Waals surface area contributed by atoms with E-state index in [0.29, 0.717) is 11.5 Å². The third-order valence-corrected chi connectivity index (χ3v) is 5.07. The Balaban J connectivity index is 1.75. The molecule has 2 fully saturated rings. The van der Waals surface area contributed by atoms with Gasteiger partial charge in [0.2, 0.25) is 0 Å². The van der Waals surface area contributed by atoms with Crippen molar-refractivity contribution in [3.05, 3.63) is 0 Å². The fourth-order valence-electron chi connectivity index (χ4n) is 4.20. The van der Waals surface area contributed by atoms with Gasteiger partial charge >= 0.3 is 6.03 Å². The molecule has 0 aliphatic heterocycles. The Hall–Kier alpha value is -0.730. The second kappa shape index (κ2) is 7.33. The van der Waals surface area contributed by atoms with E-state index in [1.54, 1.807) is 0 Å². The Morgan fingerprint density at radius 3 is 2.35 bits per heavy atom. The van der Waals surface area contributed by atoms with Gasteiger partial charge in [-0.2, -0.15) is 0 Å². The van der Waals surface area contributed by atoms with Crippen LogP contribution in [0.4, 0.5) is 4.79 Å². The van der Waals surface area contributed by atoms with Crippen LogP contribution in [0.1, 0.15) is 78.1 Å². The lowest BCUT2D eigenvalue weighted by molar-refractivity contribution is 0.204. The maximum Gasteiger partial charge on any atom is 0.315 e. The molecule has 0 aromatic rings. The van der Waals surface area contributed by atoms with Crippen molar-refractivity contribution in [3.8, 4) is 0 Å². The molecule has 0 aromatic carbocycles. The number of carbonyl (C=O) groups is 1. The highest BCUT2D eigenvalue weighted by Gasteiger charge is 2.34. The van der Waals surface area contributed by atoms with Gasteiger partial charge in [-0.25, -0.2) is 4.79 Å². The smallest absolute Gasteiger partial charge is 0.315 e. The number of hydrogen-bond donors (Lipinski definition) is 2. The summed E-state index contributed by atoms with van der Waals surface area (Å²) in [5.74, 6) is 0.719. The van der Waals surface area contributed by atoms with Crippen LogP contribution in [-0.2, 0) is 0 Å². The molecule has 2 amide bonds. The zero-order chi connectivity index (χ0) is 14.4. The number of carbonyl (C=O) groups excluding carboxylic acids is 1. The molecule has 0 aromatic heterocycles. The maximum absolute atomic E-state index is 12.1. The van der Waals surface area contributed by atoms with Crippen LogP contribution >= 0.6 is 0 Å². The van der Waals surface area contributed by atoms with E-state index in [-0.39, 0.29) is 6.03 Å². The van der Waals surface area contributed by atoms with Gasteiger partial charge in [0.1, 0.15) is 0 Å². The second-order valence-corrected chi connectivity index (χ2v) is 7.47. The fourth-order valence-corrected chi connectivity index (χ4v) is 4.20. The maximum atomic E-state index is 12.1. The van der Waals surface area contributed by atoms with Gasteiger partial charge in [-0.1, -0.05) is 46.0 Å². The highest BCUT2D eigenvalue weighted by Crippen LogP contribution is 2.42. The summed E-state index contributed by atoms with van der Waals surface area (Å²) in [4.78, 5) is 12.1. The molecule has 2 N–H and O–H groups in total. The van der Waals surface area contributed by atoms with Gasteiger partial charge in [-0.15, -0.1) is 0 Å². The zero-order valence-electron chi connectivity index (χ0n) is 13.3. The van der Waals surface area contributed by atoms with E-state index >= 15 is 0 Å². The summed E-state index contributed by atoms with van der Waals surface area (Å²) in [5, 5.41) is 6.33. The molecule has 0 unspecified atom stereocenters. The third-order valence-electron chi connectivity index (χ3n) is 5.07. The Kier molecular flexibility index (Phi) is 5.74. The Morgan fingerprint density at radius 1 is 1.10 bits per heavy atom. The van der Waals surface area contributed by atoms with Gasteiger partial charge in [-0.3, -0.25) is 0 Å². The fraction of sp³-hybridized carbons (Fsp3) is 0.941. The van der Waals surface area contributed by atoms with Gasteiger partial charge in [-0.05, 0) is 43.4 Å². The van der Waals surface area contributed by atoms with Gasteiger partial charge in [0.25, 0.3) is 0 Å². The monoisotopic (exact) mass is 280 g/mol. The van der Waals surface area contributed by atoms with E-state index in [9.17, 15) is 4.79 Å². The lowest BCUT2D eigenvalue weighted by atomic mass is 9.78. The molecule has 3 heteroatoms. The van der Waals surface area contributed by atoms with Gasteiger partial charge < -0.3 is 10.6 Å². The van der Waals surface area contributed by atoms with E-state index < -0.39 is 0 Å². The summed E-state index contributed by atoms with van der Waals surface area (Å²) in [7, 11) is 0. The first-order valence-electron chi connectivity index (χ1n) is 8.64. The van der Waals surface area contributed by atoms with Gasteiger partial charge in [0.15, 0.2) is 0 Å². The molecule has 0 atom stereocenters. The van der Waals surface area contributed by atoms with E-state index in [1.807, 2.05) is 0 Å². The van der Waals surface area contributed by atoms with Gasteiger partial charge in [0.05, 0.1) is 0 Å². The van der Waals surface area contributed by atoms with Crippen molar-refractivity contribution in [2.24, 2.45) is 11.3 Å². The largest absolute Gasteiger partial charge is 0.338 e. The average Bonchev–Trinajstić information content (AvgIpc) is 2.86. The second-order valence-electron chi connectivity index (χ2n) is 7.47. The van der Waals surface area contributed by atoms with Gasteiger partial charge in [0, 0.05) is 12.6 Å². The summed E-state index contributed by atoms with van der Waals surface area (Å²) in [5.41, 5.74) is 0.373. The Morgan fingerprint density at radius 2 is 1.75 bits per heavy atom. The number of nitrogens with one attached hydrogen (secondary N) is 2. The summed E-state index contributed by atoms with van der Waals surface area (Å²) in [6, 6.07) is 0.473. The lowest BCUT2D eigenvalue weighted by Crippen LogP contribution is -2.46. The van der Waals surface area contributed by atoms with E-state index in [1.165, 1.54) is 51.4 Å². The van der Waals surface area contributed by atoms with Crippen molar-refractivity contribution < 1.29 is 4.79 Å². The van der Waals surface area contributed by atoms with Crippen LogP contribution in [0.2, 0.25) is 0 Å². The molecular formula is C17H32N2O. The normalized spacial score (nSPS) is 22.9.